The molecule has 0 aliphatic rings. The molecule has 4 heteroatoms. The van der Waals surface area contributed by atoms with Crippen LogP contribution in [0.15, 0.2) is 48.5 Å². The van der Waals surface area contributed by atoms with E-state index in [4.69, 9.17) is 0 Å². The van der Waals surface area contributed by atoms with Crippen molar-refractivity contribution < 1.29 is 20.4 Å². The average Bonchev–Trinajstić information content (AvgIpc) is 2.54. The maximum Gasteiger partial charge on any atom is 0.122 e. The maximum atomic E-state index is 11.2. The molecule has 2 aromatic carbocycles. The molecule has 4 N–H and O–H groups in total. The summed E-state index contributed by atoms with van der Waals surface area (Å²) >= 11 is 0. The summed E-state index contributed by atoms with van der Waals surface area (Å²) in [6.45, 7) is 3.60. The van der Waals surface area contributed by atoms with Gasteiger partial charge in [-0.3, -0.25) is 0 Å². The first-order chi connectivity index (χ1) is 10.4. The molecular formula is C18H22O4. The van der Waals surface area contributed by atoms with Gasteiger partial charge in [-0.25, -0.2) is 0 Å². The van der Waals surface area contributed by atoms with E-state index in [1.165, 1.54) is 24.3 Å². The van der Waals surface area contributed by atoms with Gasteiger partial charge in [-0.15, -0.1) is 0 Å². The van der Waals surface area contributed by atoms with E-state index in [2.05, 4.69) is 0 Å². The Morgan fingerprint density at radius 1 is 0.636 bits per heavy atom. The van der Waals surface area contributed by atoms with Crippen molar-refractivity contribution in [3.63, 3.8) is 0 Å². The summed E-state index contributed by atoms with van der Waals surface area (Å²) in [5.41, 5.74) is -1.95. The second-order valence-electron chi connectivity index (χ2n) is 5.52. The fraction of sp³-hybridized carbons (Fsp3) is 0.333. The van der Waals surface area contributed by atoms with E-state index in [9.17, 15) is 20.4 Å². The number of aliphatic hydroxyl groups is 2. The molecule has 0 saturated heterocycles. The molecule has 0 radical (unpaired) electrons. The van der Waals surface area contributed by atoms with Crippen molar-refractivity contribution in [2.24, 2.45) is 0 Å². The number of phenolic OH excluding ortho intramolecular Hbond substituents is 2. The van der Waals surface area contributed by atoms with E-state index in [-0.39, 0.29) is 11.5 Å². The maximum absolute atomic E-state index is 11.2. The standard InChI is InChI=1S/C18H22O4/c1-3-17(21,13-5-9-15(19)10-6-13)18(22,4-2)14-7-11-16(20)12-8-14/h5-12,19-22H,3-4H2,1-2H3/t17-,18+. The summed E-state index contributed by atoms with van der Waals surface area (Å²) in [5, 5.41) is 41.3. The molecule has 118 valence electrons. The van der Waals surface area contributed by atoms with Crippen LogP contribution in [-0.4, -0.2) is 20.4 Å². The first-order valence-electron chi connectivity index (χ1n) is 7.41. The van der Waals surface area contributed by atoms with Crippen molar-refractivity contribution in [2.75, 3.05) is 0 Å². The zero-order valence-electron chi connectivity index (χ0n) is 12.8. The highest BCUT2D eigenvalue weighted by molar-refractivity contribution is 5.38. The summed E-state index contributed by atoms with van der Waals surface area (Å²) in [5.74, 6) is 0.207. The number of phenols is 2. The third kappa shape index (κ3) is 2.56. The molecule has 2 atom stereocenters. The fourth-order valence-corrected chi connectivity index (χ4v) is 2.95. The molecule has 0 fully saturated rings. The molecule has 2 rings (SSSR count). The van der Waals surface area contributed by atoms with Gasteiger partial charge in [-0.1, -0.05) is 38.1 Å². The van der Waals surface area contributed by atoms with Crippen LogP contribution in [0.1, 0.15) is 37.8 Å². The molecular weight excluding hydrogens is 280 g/mol. The molecule has 0 heterocycles. The number of benzene rings is 2. The molecule has 0 bridgehead atoms. The van der Waals surface area contributed by atoms with E-state index in [0.29, 0.717) is 24.0 Å². The Balaban J connectivity index is 2.57. The van der Waals surface area contributed by atoms with Crippen molar-refractivity contribution >= 4 is 0 Å². The van der Waals surface area contributed by atoms with Crippen LogP contribution in [-0.2, 0) is 11.2 Å². The van der Waals surface area contributed by atoms with Crippen LogP contribution < -0.4 is 0 Å². The molecule has 4 nitrogen and oxygen atoms in total. The van der Waals surface area contributed by atoms with Crippen LogP contribution in [0.5, 0.6) is 11.5 Å². The lowest BCUT2D eigenvalue weighted by atomic mass is 9.70. The van der Waals surface area contributed by atoms with Gasteiger partial charge in [0.05, 0.1) is 0 Å². The monoisotopic (exact) mass is 302 g/mol. The SMILES string of the molecule is CC[C@@](O)(c1ccc(O)cc1)[C@](O)(CC)c1ccc(O)cc1. The number of hydrogen-bond acceptors (Lipinski definition) is 4. The topological polar surface area (TPSA) is 80.9 Å². The third-order valence-electron chi connectivity index (χ3n) is 4.40. The van der Waals surface area contributed by atoms with Crippen molar-refractivity contribution in [3.05, 3.63) is 59.7 Å². The fourth-order valence-electron chi connectivity index (χ4n) is 2.95. The van der Waals surface area contributed by atoms with Crippen LogP contribution in [0, 0.1) is 0 Å². The lowest BCUT2D eigenvalue weighted by molar-refractivity contribution is -0.169. The summed E-state index contributed by atoms with van der Waals surface area (Å²) < 4.78 is 0. The van der Waals surface area contributed by atoms with Gasteiger partial charge in [0.25, 0.3) is 0 Å². The molecule has 2 aromatic rings. The largest absolute Gasteiger partial charge is 0.508 e. The van der Waals surface area contributed by atoms with Gasteiger partial charge in [0, 0.05) is 0 Å². The smallest absolute Gasteiger partial charge is 0.122 e. The van der Waals surface area contributed by atoms with Crippen LogP contribution in [0.3, 0.4) is 0 Å². The van der Waals surface area contributed by atoms with Gasteiger partial charge < -0.3 is 20.4 Å². The predicted molar refractivity (Wildman–Crippen MR) is 84.6 cm³/mol. The van der Waals surface area contributed by atoms with Gasteiger partial charge in [0.2, 0.25) is 0 Å². The molecule has 0 amide bonds. The van der Waals surface area contributed by atoms with Gasteiger partial charge in [-0.2, -0.15) is 0 Å². The Morgan fingerprint density at radius 2 is 0.909 bits per heavy atom. The number of aromatic hydroxyl groups is 2. The third-order valence-corrected chi connectivity index (χ3v) is 4.40. The Kier molecular flexibility index (Phi) is 4.44. The normalized spacial score (nSPS) is 16.7. The highest BCUT2D eigenvalue weighted by Gasteiger charge is 2.49. The van der Waals surface area contributed by atoms with E-state index in [1.54, 1.807) is 38.1 Å². The van der Waals surface area contributed by atoms with Gasteiger partial charge in [0.15, 0.2) is 0 Å². The second kappa shape index (κ2) is 5.99. The predicted octanol–water partition coefficient (Wildman–Crippen LogP) is 2.99. The zero-order chi connectivity index (χ0) is 16.4. The highest BCUT2D eigenvalue weighted by Crippen LogP contribution is 2.45. The molecule has 0 spiro atoms. The summed E-state index contributed by atoms with van der Waals surface area (Å²) in [4.78, 5) is 0. The van der Waals surface area contributed by atoms with Crippen molar-refractivity contribution in [2.45, 2.75) is 37.9 Å². The number of rotatable bonds is 5. The minimum Gasteiger partial charge on any atom is -0.508 e. The first-order valence-corrected chi connectivity index (χ1v) is 7.41. The first kappa shape index (κ1) is 16.3. The van der Waals surface area contributed by atoms with Gasteiger partial charge in [-0.05, 0) is 48.2 Å². The van der Waals surface area contributed by atoms with Crippen LogP contribution >= 0.6 is 0 Å². The summed E-state index contributed by atoms with van der Waals surface area (Å²) in [7, 11) is 0. The summed E-state index contributed by atoms with van der Waals surface area (Å²) in [6, 6.07) is 12.4. The lowest BCUT2D eigenvalue weighted by Gasteiger charge is -2.43. The molecule has 0 aliphatic carbocycles. The van der Waals surface area contributed by atoms with E-state index >= 15 is 0 Å². The molecule has 0 aliphatic heterocycles. The average molecular weight is 302 g/mol. The van der Waals surface area contributed by atoms with Gasteiger partial charge in [0.1, 0.15) is 22.7 Å². The minimum atomic E-state index is -1.51. The van der Waals surface area contributed by atoms with Crippen LogP contribution in [0.4, 0.5) is 0 Å². The van der Waals surface area contributed by atoms with E-state index in [1.807, 2.05) is 0 Å². The molecule has 22 heavy (non-hydrogen) atoms. The minimum absolute atomic E-state index is 0.104. The van der Waals surface area contributed by atoms with Gasteiger partial charge >= 0.3 is 0 Å². The Morgan fingerprint density at radius 3 is 1.14 bits per heavy atom. The summed E-state index contributed by atoms with van der Waals surface area (Å²) in [6.07, 6.45) is 0.589. The van der Waals surface area contributed by atoms with Crippen molar-refractivity contribution in [1.29, 1.82) is 0 Å². The molecule has 0 aromatic heterocycles. The van der Waals surface area contributed by atoms with Crippen molar-refractivity contribution in [1.82, 2.24) is 0 Å². The van der Waals surface area contributed by atoms with Crippen LogP contribution in [0.25, 0.3) is 0 Å². The quantitative estimate of drug-likeness (QED) is 0.684. The highest BCUT2D eigenvalue weighted by atomic mass is 16.4. The van der Waals surface area contributed by atoms with Crippen LogP contribution in [0.2, 0.25) is 0 Å². The number of hydrogen-bond donors (Lipinski definition) is 4. The molecule has 0 saturated carbocycles. The lowest BCUT2D eigenvalue weighted by Crippen LogP contribution is -2.48. The molecule has 0 unspecified atom stereocenters. The Hall–Kier alpha value is -2.04. The second-order valence-corrected chi connectivity index (χ2v) is 5.52. The van der Waals surface area contributed by atoms with E-state index < -0.39 is 11.2 Å². The Labute approximate surface area is 130 Å². The van der Waals surface area contributed by atoms with E-state index in [0.717, 1.165) is 0 Å². The van der Waals surface area contributed by atoms with Crippen molar-refractivity contribution in [3.8, 4) is 11.5 Å². The zero-order valence-corrected chi connectivity index (χ0v) is 12.8. The Bertz CT molecular complexity index is 563.